The van der Waals surface area contributed by atoms with Gasteiger partial charge in [0.25, 0.3) is 0 Å². The number of hydrogen-bond donors (Lipinski definition) is 0. The second-order valence-electron chi connectivity index (χ2n) is 6.04. The third-order valence-electron chi connectivity index (χ3n) is 4.51. The highest BCUT2D eigenvalue weighted by Gasteiger charge is 2.43. The van der Waals surface area contributed by atoms with E-state index in [1.165, 1.54) is 0 Å². The fraction of sp³-hybridized carbons (Fsp3) is 0.750. The van der Waals surface area contributed by atoms with Crippen LogP contribution in [0, 0.1) is 5.92 Å². The molecule has 4 unspecified atom stereocenters. The molecule has 0 amide bonds. The van der Waals surface area contributed by atoms with Crippen molar-refractivity contribution >= 4 is 11.9 Å². The molecule has 0 aromatic heterocycles. The minimum atomic E-state index is -0.791. The molecule has 2 fully saturated rings. The molecule has 0 aromatic rings. The smallest absolute Gasteiger partial charge is 0.347 e. The monoisotopic (exact) mass is 294 g/mol. The second-order valence-corrected chi connectivity index (χ2v) is 6.04. The lowest BCUT2D eigenvalue weighted by molar-refractivity contribution is -0.174. The van der Waals surface area contributed by atoms with Crippen molar-refractivity contribution in [1.82, 2.24) is 0 Å². The summed E-state index contributed by atoms with van der Waals surface area (Å²) in [6.07, 6.45) is 8.04. The first-order chi connectivity index (χ1) is 10.2. The number of hydrogen-bond acceptors (Lipinski definition) is 5. The van der Waals surface area contributed by atoms with Gasteiger partial charge in [-0.3, -0.25) is 4.79 Å². The second kappa shape index (κ2) is 6.18. The molecular weight excluding hydrogens is 272 g/mol. The molecule has 2 bridgehead atoms. The fourth-order valence-corrected chi connectivity index (χ4v) is 3.28. The summed E-state index contributed by atoms with van der Waals surface area (Å²) in [6, 6.07) is 0. The molecule has 1 saturated heterocycles. The molecule has 2 aliphatic heterocycles. The van der Waals surface area contributed by atoms with Crippen molar-refractivity contribution in [3.63, 3.8) is 0 Å². The third-order valence-corrected chi connectivity index (χ3v) is 4.51. The number of carbonyl (C=O) groups excluding carboxylic acids is 2. The third kappa shape index (κ3) is 3.12. The van der Waals surface area contributed by atoms with Gasteiger partial charge in [-0.1, -0.05) is 19.1 Å². The van der Waals surface area contributed by atoms with Crippen LogP contribution in [-0.2, 0) is 23.8 Å². The van der Waals surface area contributed by atoms with Crippen molar-refractivity contribution < 1.29 is 23.8 Å². The zero-order valence-corrected chi connectivity index (χ0v) is 12.3. The van der Waals surface area contributed by atoms with Crippen molar-refractivity contribution in [1.29, 1.82) is 0 Å². The highest BCUT2D eigenvalue weighted by molar-refractivity contribution is 5.81. The van der Waals surface area contributed by atoms with Crippen molar-refractivity contribution in [3.05, 3.63) is 12.2 Å². The molecule has 1 aliphatic carbocycles. The van der Waals surface area contributed by atoms with Gasteiger partial charge in [-0.25, -0.2) is 4.79 Å². The molecular formula is C16H22O5. The Morgan fingerprint density at radius 2 is 2.05 bits per heavy atom. The van der Waals surface area contributed by atoms with Gasteiger partial charge in [0, 0.05) is 0 Å². The first-order valence-corrected chi connectivity index (χ1v) is 7.92. The van der Waals surface area contributed by atoms with E-state index in [1.54, 1.807) is 0 Å². The number of carbonyl (C=O) groups is 2. The Labute approximate surface area is 124 Å². The van der Waals surface area contributed by atoms with Gasteiger partial charge in [0.1, 0.15) is 6.10 Å². The molecule has 0 N–H and O–H groups in total. The minimum Gasteiger partial charge on any atom is -0.460 e. The molecule has 3 aliphatic rings. The van der Waals surface area contributed by atoms with Gasteiger partial charge in [0.05, 0.1) is 18.1 Å². The van der Waals surface area contributed by atoms with E-state index in [9.17, 15) is 9.59 Å². The SMILES string of the molecule is CCC(OC(=O)C1CC2C=CC1O2)C(=O)OC1CCCC1. The van der Waals surface area contributed by atoms with E-state index in [0.29, 0.717) is 12.8 Å². The maximum atomic E-state index is 12.2. The highest BCUT2D eigenvalue weighted by atomic mass is 16.6. The Balaban J connectivity index is 1.52. The van der Waals surface area contributed by atoms with Crippen molar-refractivity contribution in [2.24, 2.45) is 5.92 Å². The summed E-state index contributed by atoms with van der Waals surface area (Å²) in [5.41, 5.74) is 0. The Morgan fingerprint density at radius 3 is 2.62 bits per heavy atom. The quantitative estimate of drug-likeness (QED) is 0.574. The van der Waals surface area contributed by atoms with Gasteiger partial charge in [0.2, 0.25) is 0 Å². The summed E-state index contributed by atoms with van der Waals surface area (Å²) in [4.78, 5) is 24.3. The van der Waals surface area contributed by atoms with Crippen LogP contribution in [-0.4, -0.2) is 36.4 Å². The molecule has 4 atom stereocenters. The van der Waals surface area contributed by atoms with E-state index < -0.39 is 12.1 Å². The minimum absolute atomic E-state index is 0.000915. The Hall–Kier alpha value is -1.36. The van der Waals surface area contributed by atoms with Crippen LogP contribution in [0.5, 0.6) is 0 Å². The maximum absolute atomic E-state index is 12.2. The fourth-order valence-electron chi connectivity index (χ4n) is 3.28. The van der Waals surface area contributed by atoms with Gasteiger partial charge in [0.15, 0.2) is 6.10 Å². The lowest BCUT2D eigenvalue weighted by Crippen LogP contribution is -2.35. The van der Waals surface area contributed by atoms with E-state index in [2.05, 4.69) is 0 Å². The van der Waals surface area contributed by atoms with Crippen molar-refractivity contribution in [2.45, 2.75) is 69.9 Å². The summed E-state index contributed by atoms with van der Waals surface area (Å²) in [5, 5.41) is 0. The average Bonchev–Trinajstić information content (AvgIpc) is 3.21. The average molecular weight is 294 g/mol. The number of fused-ring (bicyclic) bond motifs is 2. The molecule has 0 spiro atoms. The molecule has 21 heavy (non-hydrogen) atoms. The molecule has 1 saturated carbocycles. The Bertz CT molecular complexity index is 438. The van der Waals surface area contributed by atoms with Crippen LogP contribution in [0.2, 0.25) is 0 Å². The standard InChI is InChI=1S/C16H22O5/c1-2-13(16(18)20-10-5-3-4-6-10)21-15(17)12-9-11-7-8-14(12)19-11/h7-8,10-14H,2-6,9H2,1H3. The van der Waals surface area contributed by atoms with Gasteiger partial charge in [-0.2, -0.15) is 0 Å². The Morgan fingerprint density at radius 1 is 1.29 bits per heavy atom. The zero-order chi connectivity index (χ0) is 14.8. The zero-order valence-electron chi connectivity index (χ0n) is 12.3. The van der Waals surface area contributed by atoms with E-state index in [4.69, 9.17) is 14.2 Å². The molecule has 116 valence electrons. The van der Waals surface area contributed by atoms with Crippen molar-refractivity contribution in [2.75, 3.05) is 0 Å². The van der Waals surface area contributed by atoms with Crippen LogP contribution < -0.4 is 0 Å². The predicted octanol–water partition coefficient (Wildman–Crippen LogP) is 2.14. The first kappa shape index (κ1) is 14.6. The summed E-state index contributed by atoms with van der Waals surface area (Å²) >= 11 is 0. The lowest BCUT2D eigenvalue weighted by Gasteiger charge is -2.21. The summed E-state index contributed by atoms with van der Waals surface area (Å²) < 4.78 is 16.4. The summed E-state index contributed by atoms with van der Waals surface area (Å²) in [5.74, 6) is -1.03. The summed E-state index contributed by atoms with van der Waals surface area (Å²) in [7, 11) is 0. The van der Waals surface area contributed by atoms with Crippen LogP contribution >= 0.6 is 0 Å². The van der Waals surface area contributed by atoms with Gasteiger partial charge >= 0.3 is 11.9 Å². The largest absolute Gasteiger partial charge is 0.460 e. The first-order valence-electron chi connectivity index (χ1n) is 7.92. The van der Waals surface area contributed by atoms with E-state index in [-0.39, 0.29) is 30.2 Å². The normalized spacial score (nSPS) is 32.3. The van der Waals surface area contributed by atoms with E-state index in [1.807, 2.05) is 19.1 Å². The molecule has 5 heteroatoms. The number of ether oxygens (including phenoxy) is 3. The topological polar surface area (TPSA) is 61.8 Å². The molecule has 2 heterocycles. The van der Waals surface area contributed by atoms with Gasteiger partial charge in [-0.15, -0.1) is 0 Å². The van der Waals surface area contributed by atoms with Crippen LogP contribution in [0.15, 0.2) is 12.2 Å². The van der Waals surface area contributed by atoms with Crippen LogP contribution in [0.25, 0.3) is 0 Å². The van der Waals surface area contributed by atoms with Gasteiger partial charge < -0.3 is 14.2 Å². The van der Waals surface area contributed by atoms with Crippen molar-refractivity contribution in [3.8, 4) is 0 Å². The highest BCUT2D eigenvalue weighted by Crippen LogP contribution is 2.34. The summed E-state index contributed by atoms with van der Waals surface area (Å²) in [6.45, 7) is 1.82. The van der Waals surface area contributed by atoms with E-state index in [0.717, 1.165) is 25.7 Å². The van der Waals surface area contributed by atoms with Crippen LogP contribution in [0.4, 0.5) is 0 Å². The molecule has 0 radical (unpaired) electrons. The molecule has 0 aromatic carbocycles. The predicted molar refractivity (Wildman–Crippen MR) is 74.4 cm³/mol. The molecule has 3 rings (SSSR count). The van der Waals surface area contributed by atoms with Crippen LogP contribution in [0.1, 0.15) is 45.4 Å². The van der Waals surface area contributed by atoms with E-state index >= 15 is 0 Å². The lowest BCUT2D eigenvalue weighted by atomic mass is 9.94. The number of esters is 2. The van der Waals surface area contributed by atoms with Gasteiger partial charge in [-0.05, 0) is 38.5 Å². The molecule has 5 nitrogen and oxygen atoms in total. The number of rotatable bonds is 5. The Kier molecular flexibility index (Phi) is 4.29. The van der Waals surface area contributed by atoms with Crippen LogP contribution in [0.3, 0.4) is 0 Å². The maximum Gasteiger partial charge on any atom is 0.347 e.